The molecule has 9 N–H and O–H groups in total. The molecule has 4 heterocycles. The van der Waals surface area contributed by atoms with Crippen molar-refractivity contribution in [3.63, 3.8) is 0 Å². The Hall–Kier alpha value is -5.66. The Balaban J connectivity index is 0.000000227. The number of thiazole rings is 2. The van der Waals surface area contributed by atoms with Gasteiger partial charge in [0.2, 0.25) is 0 Å². The third-order valence-corrected chi connectivity index (χ3v) is 11.0. The van der Waals surface area contributed by atoms with Crippen LogP contribution in [0.3, 0.4) is 0 Å². The standard InChI is InChI=1S/C22H32N6O3S.C18H25N7OS/c1-16-7-8-18(19(13-16)28-9-5-4-6-10-28)25-20(29)26-21-24-17(15-32-21)14-23-22(30)31-12-11-27(2)3;1-12-5-6-14(15(9-12)25-7-3-2-4-8-25)23-17(26)24-18-22-13(11-27-18)10-21-16(19)20/h7-8,13,15H,4-6,9-12,14H2,1-3H3,(H,23,30)(H2,24,25,26,29);5-6,9,11H,2-4,7-8,10H2,1H3,(H4,19,20,21)(H2,22,23,24,26). The van der Waals surface area contributed by atoms with E-state index in [1.807, 2.05) is 48.6 Å². The van der Waals surface area contributed by atoms with Crippen molar-refractivity contribution < 1.29 is 19.1 Å². The van der Waals surface area contributed by atoms with Gasteiger partial charge in [-0.15, -0.1) is 22.7 Å². The summed E-state index contributed by atoms with van der Waals surface area (Å²) in [6.45, 7) is 9.65. The van der Waals surface area contributed by atoms with E-state index >= 15 is 0 Å². The number of guanidine groups is 1. The quantitative estimate of drug-likeness (QED) is 0.0552. The monoisotopic (exact) mass is 847 g/mol. The Morgan fingerprint density at radius 2 is 1.24 bits per heavy atom. The van der Waals surface area contributed by atoms with Crippen LogP contribution in [-0.2, 0) is 17.8 Å². The van der Waals surface area contributed by atoms with E-state index in [0.717, 1.165) is 54.5 Å². The number of hydrogen-bond acceptors (Lipinski definition) is 12. The molecule has 4 aromatic rings. The number of carbonyl (C=O) groups excluding carboxylic acids is 3. The molecular weight excluding hydrogens is 791 g/mol. The van der Waals surface area contributed by atoms with Crippen LogP contribution in [0.15, 0.2) is 52.2 Å². The van der Waals surface area contributed by atoms with E-state index in [0.29, 0.717) is 41.3 Å². The number of rotatable bonds is 13. The summed E-state index contributed by atoms with van der Waals surface area (Å²) in [5.41, 5.74) is 18.0. The molecular formula is C40H57N13O4S2. The van der Waals surface area contributed by atoms with Crippen LogP contribution < -0.4 is 47.9 Å². The molecule has 0 saturated carbocycles. The lowest BCUT2D eigenvalue weighted by Gasteiger charge is -2.30. The first kappa shape index (κ1) is 44.4. The van der Waals surface area contributed by atoms with Crippen LogP contribution in [0, 0.1) is 13.8 Å². The van der Waals surface area contributed by atoms with E-state index in [1.165, 1.54) is 66.8 Å². The number of aromatic nitrogens is 2. The summed E-state index contributed by atoms with van der Waals surface area (Å²) < 4.78 is 5.08. The lowest BCUT2D eigenvalue weighted by atomic mass is 10.1. The van der Waals surface area contributed by atoms with Gasteiger partial charge in [0.25, 0.3) is 0 Å². The molecule has 19 heteroatoms. The number of piperidine rings is 2. The number of likely N-dealkylation sites (N-methyl/N-ethyl adjacent to an activating group) is 1. The maximum atomic E-state index is 12.6. The number of nitrogens with one attached hydrogen (secondary N) is 5. The van der Waals surface area contributed by atoms with Gasteiger partial charge in [0, 0.05) is 43.5 Å². The van der Waals surface area contributed by atoms with E-state index in [-0.39, 0.29) is 24.6 Å². The van der Waals surface area contributed by atoms with E-state index in [1.54, 1.807) is 5.38 Å². The van der Waals surface area contributed by atoms with Crippen molar-refractivity contribution in [2.75, 3.05) is 84.5 Å². The molecule has 2 fully saturated rings. The van der Waals surface area contributed by atoms with Gasteiger partial charge in [0.05, 0.1) is 47.2 Å². The van der Waals surface area contributed by atoms with Crippen molar-refractivity contribution in [2.24, 2.45) is 16.5 Å². The second-order valence-electron chi connectivity index (χ2n) is 14.6. The lowest BCUT2D eigenvalue weighted by molar-refractivity contribution is 0.136. The van der Waals surface area contributed by atoms with Crippen molar-refractivity contribution in [1.29, 1.82) is 0 Å². The number of aliphatic imine (C=N–C) groups is 1. The van der Waals surface area contributed by atoms with Gasteiger partial charge in [0.15, 0.2) is 16.2 Å². The highest BCUT2D eigenvalue weighted by molar-refractivity contribution is 7.14. The van der Waals surface area contributed by atoms with Gasteiger partial charge in [-0.2, -0.15) is 0 Å². The molecule has 2 aliphatic heterocycles. The van der Waals surface area contributed by atoms with Crippen molar-refractivity contribution in [3.8, 4) is 0 Å². The van der Waals surface area contributed by atoms with Gasteiger partial charge in [-0.25, -0.2) is 29.3 Å². The molecule has 59 heavy (non-hydrogen) atoms. The zero-order valence-corrected chi connectivity index (χ0v) is 35.9. The second-order valence-corrected chi connectivity index (χ2v) is 16.3. The summed E-state index contributed by atoms with van der Waals surface area (Å²) in [4.78, 5) is 55.9. The molecule has 2 saturated heterocycles. The highest BCUT2D eigenvalue weighted by Gasteiger charge is 2.19. The number of alkyl carbamates (subject to hydrolysis) is 1. The van der Waals surface area contributed by atoms with E-state index in [2.05, 4.69) is 77.3 Å². The van der Waals surface area contributed by atoms with E-state index in [4.69, 9.17) is 16.2 Å². The molecule has 6 rings (SSSR count). The van der Waals surface area contributed by atoms with Gasteiger partial charge in [0.1, 0.15) is 6.61 Å². The highest BCUT2D eigenvalue weighted by Crippen LogP contribution is 2.31. The molecule has 2 aromatic carbocycles. The van der Waals surface area contributed by atoms with Crippen molar-refractivity contribution in [2.45, 2.75) is 65.5 Å². The molecule has 17 nitrogen and oxygen atoms in total. The number of urea groups is 2. The van der Waals surface area contributed by atoms with Gasteiger partial charge >= 0.3 is 18.2 Å². The van der Waals surface area contributed by atoms with Crippen LogP contribution in [0.25, 0.3) is 0 Å². The zero-order valence-electron chi connectivity index (χ0n) is 34.3. The largest absolute Gasteiger partial charge is 0.448 e. The van der Waals surface area contributed by atoms with Gasteiger partial charge < -0.3 is 46.9 Å². The fourth-order valence-corrected chi connectivity index (χ4v) is 7.78. The Bertz CT molecular complexity index is 2020. The summed E-state index contributed by atoms with van der Waals surface area (Å²) in [5, 5.41) is 18.7. The number of anilines is 6. The average Bonchev–Trinajstić information content (AvgIpc) is 3.87. The van der Waals surface area contributed by atoms with Crippen LogP contribution in [0.4, 0.5) is 47.4 Å². The molecule has 5 amide bonds. The third-order valence-electron chi connectivity index (χ3n) is 9.35. The molecule has 0 radical (unpaired) electrons. The van der Waals surface area contributed by atoms with Gasteiger partial charge in [-0.05, 0) is 102 Å². The van der Waals surface area contributed by atoms with E-state index < -0.39 is 6.09 Å². The first-order valence-corrected chi connectivity index (χ1v) is 21.5. The zero-order chi connectivity index (χ0) is 42.1. The number of ether oxygens (including phenoxy) is 1. The number of hydrogen-bond donors (Lipinski definition) is 7. The highest BCUT2D eigenvalue weighted by atomic mass is 32.1. The molecule has 0 spiro atoms. The Kier molecular flexibility index (Phi) is 16.9. The molecule has 0 atom stereocenters. The Morgan fingerprint density at radius 3 is 1.73 bits per heavy atom. The molecule has 0 aliphatic carbocycles. The Labute approximate surface area is 354 Å². The van der Waals surface area contributed by atoms with Crippen molar-refractivity contribution in [3.05, 3.63) is 69.7 Å². The third kappa shape index (κ3) is 14.9. The number of benzene rings is 2. The SMILES string of the molecule is Cc1ccc(NC(=O)Nc2nc(CN=C(N)N)cs2)c(N2CCCCC2)c1.Cc1ccc(NC(=O)Nc2nc(CNC(=O)OCCN(C)C)cs2)c(N2CCCCC2)c1. The van der Waals surface area contributed by atoms with Crippen LogP contribution in [-0.4, -0.2) is 92.4 Å². The first-order chi connectivity index (χ1) is 28.4. The number of nitrogens with zero attached hydrogens (tertiary/aromatic N) is 6. The summed E-state index contributed by atoms with van der Waals surface area (Å²) in [5.74, 6) is 0.0138. The Morgan fingerprint density at radius 1 is 0.746 bits per heavy atom. The molecule has 318 valence electrons. The molecule has 2 aromatic heterocycles. The average molecular weight is 848 g/mol. The fourth-order valence-electron chi connectivity index (χ4n) is 6.38. The second kappa shape index (κ2) is 22.5. The minimum Gasteiger partial charge on any atom is -0.448 e. The predicted molar refractivity (Wildman–Crippen MR) is 240 cm³/mol. The molecule has 0 unspecified atom stereocenters. The van der Waals surface area contributed by atoms with Crippen molar-refractivity contribution >= 4 is 79.8 Å². The van der Waals surface area contributed by atoms with Crippen LogP contribution in [0.1, 0.15) is 61.0 Å². The van der Waals surface area contributed by atoms with Gasteiger partial charge in [-0.3, -0.25) is 10.6 Å². The molecule has 0 bridgehead atoms. The number of carbonyl (C=O) groups is 3. The number of aryl methyl sites for hydroxylation is 2. The fraction of sp³-hybridized carbons (Fsp3) is 0.450. The predicted octanol–water partition coefficient (Wildman–Crippen LogP) is 6.73. The normalized spacial score (nSPS) is 13.8. The lowest BCUT2D eigenvalue weighted by Crippen LogP contribution is -2.31. The summed E-state index contributed by atoms with van der Waals surface area (Å²) in [6.07, 6.45) is 6.71. The van der Waals surface area contributed by atoms with Crippen LogP contribution >= 0.6 is 22.7 Å². The number of amides is 5. The summed E-state index contributed by atoms with van der Waals surface area (Å²) in [7, 11) is 3.82. The van der Waals surface area contributed by atoms with Gasteiger partial charge in [-0.1, -0.05) is 12.1 Å². The van der Waals surface area contributed by atoms with Crippen LogP contribution in [0.5, 0.6) is 0 Å². The topological polar surface area (TPSA) is 220 Å². The van der Waals surface area contributed by atoms with E-state index in [9.17, 15) is 14.4 Å². The first-order valence-electron chi connectivity index (χ1n) is 19.8. The van der Waals surface area contributed by atoms with Crippen molar-refractivity contribution in [1.82, 2.24) is 20.2 Å². The summed E-state index contributed by atoms with van der Waals surface area (Å²) in [6, 6.07) is 11.5. The smallest absolute Gasteiger partial charge is 0.407 e. The minimum absolute atomic E-state index is 0.0138. The number of nitrogens with two attached hydrogens (primary N) is 2. The van der Waals surface area contributed by atoms with Crippen LogP contribution in [0.2, 0.25) is 0 Å². The maximum absolute atomic E-state index is 12.6. The molecule has 2 aliphatic rings. The minimum atomic E-state index is -0.489. The maximum Gasteiger partial charge on any atom is 0.407 e. The summed E-state index contributed by atoms with van der Waals surface area (Å²) >= 11 is 2.63.